The van der Waals surface area contributed by atoms with Crippen molar-refractivity contribution in [2.45, 2.75) is 4.90 Å². The zero-order valence-corrected chi connectivity index (χ0v) is 7.39. The number of rotatable bonds is 3. The monoisotopic (exact) mass is 185 g/mol. The second-order valence-electron chi connectivity index (χ2n) is 1.81. The van der Waals surface area contributed by atoms with Gasteiger partial charge in [-0.15, -0.1) is 0 Å². The van der Waals surface area contributed by atoms with Crippen molar-refractivity contribution in [3.8, 4) is 0 Å². The highest BCUT2D eigenvalue weighted by Gasteiger charge is 1.96. The summed E-state index contributed by atoms with van der Waals surface area (Å²) in [5.74, 6) is 0. The zero-order valence-electron chi connectivity index (χ0n) is 5.68. The Kier molecular flexibility index (Phi) is 3.32. The van der Waals surface area contributed by atoms with E-state index in [1.807, 2.05) is 30.3 Å². The Morgan fingerprint density at radius 3 is 2.55 bits per heavy atom. The van der Waals surface area contributed by atoms with Crippen LogP contribution in [0.2, 0.25) is 0 Å². The van der Waals surface area contributed by atoms with Crippen molar-refractivity contribution in [2.75, 3.05) is 0 Å². The van der Waals surface area contributed by atoms with Crippen LogP contribution >= 0.6 is 24.8 Å². The average Bonchev–Trinajstić information content (AvgIpc) is 2.06. The predicted molar refractivity (Wildman–Crippen MR) is 49.2 cm³/mol. The molecule has 4 heteroatoms. The minimum Gasteiger partial charge on any atom is -0.277 e. The molecule has 1 amide bonds. The molecule has 0 spiro atoms. The first-order valence-corrected chi connectivity index (χ1v) is 4.16. The number of hydrogen-bond donors (Lipinski definition) is 1. The summed E-state index contributed by atoms with van der Waals surface area (Å²) >= 11 is 5.14. The second-order valence-corrected chi connectivity index (χ2v) is 3.56. The molecule has 0 aliphatic heterocycles. The van der Waals surface area contributed by atoms with E-state index in [1.165, 1.54) is 15.7 Å². The van der Waals surface area contributed by atoms with E-state index in [-0.39, 0.29) is 0 Å². The largest absolute Gasteiger partial charge is 0.277 e. The van der Waals surface area contributed by atoms with Gasteiger partial charge < -0.3 is 0 Å². The first kappa shape index (κ1) is 8.49. The van der Waals surface area contributed by atoms with Gasteiger partial charge in [0.15, 0.2) is 0 Å². The van der Waals surface area contributed by atoms with Gasteiger partial charge in [-0.1, -0.05) is 31.0 Å². The molecule has 0 unspecified atom stereocenters. The molecule has 0 saturated heterocycles. The molecule has 0 aromatic heterocycles. The first-order chi connectivity index (χ1) is 5.33. The third-order valence-electron chi connectivity index (χ3n) is 1.03. The smallest absolute Gasteiger partial charge is 0.229 e. The van der Waals surface area contributed by atoms with E-state index in [1.54, 1.807) is 0 Å². The van der Waals surface area contributed by atoms with Gasteiger partial charge in [0.2, 0.25) is 6.41 Å². The van der Waals surface area contributed by atoms with Gasteiger partial charge in [-0.05, 0) is 12.1 Å². The molecule has 1 aromatic carbocycles. The van der Waals surface area contributed by atoms with Crippen LogP contribution in [0.5, 0.6) is 0 Å². The van der Waals surface area contributed by atoms with Gasteiger partial charge in [-0.3, -0.25) is 4.79 Å². The molecule has 1 rings (SSSR count). The lowest BCUT2D eigenvalue weighted by atomic mass is 10.4. The number of carbonyl (C=O) groups is 1. The van der Waals surface area contributed by atoms with Crippen molar-refractivity contribution in [1.29, 1.82) is 0 Å². The van der Waals surface area contributed by atoms with Gasteiger partial charge in [0.05, 0.1) is 0 Å². The van der Waals surface area contributed by atoms with E-state index >= 15 is 0 Å². The summed E-state index contributed by atoms with van der Waals surface area (Å²) in [6.07, 6.45) is 0.654. The Labute approximate surface area is 75.3 Å². The minimum atomic E-state index is 0.654. The highest BCUT2D eigenvalue weighted by Crippen LogP contribution is 2.21. The van der Waals surface area contributed by atoms with Crippen LogP contribution < -0.4 is 0 Å². The van der Waals surface area contributed by atoms with Crippen LogP contribution in [0.3, 0.4) is 0 Å². The molecule has 2 nitrogen and oxygen atoms in total. The summed E-state index contributed by atoms with van der Waals surface area (Å²) in [7, 11) is 0. The van der Waals surface area contributed by atoms with Gasteiger partial charge in [-0.25, -0.2) is 3.71 Å². The van der Waals surface area contributed by atoms with E-state index in [4.69, 9.17) is 0 Å². The molecule has 1 aromatic rings. The second kappa shape index (κ2) is 4.31. The van der Waals surface area contributed by atoms with Crippen LogP contribution in [-0.4, -0.2) is 10.1 Å². The van der Waals surface area contributed by atoms with Crippen LogP contribution in [0.4, 0.5) is 0 Å². The number of hydrogen-bond acceptors (Lipinski definition) is 3. The van der Waals surface area contributed by atoms with Crippen LogP contribution in [0.25, 0.3) is 0 Å². The molecular weight excluding hydrogens is 178 g/mol. The van der Waals surface area contributed by atoms with Crippen LogP contribution in [-0.2, 0) is 4.79 Å². The summed E-state index contributed by atoms with van der Waals surface area (Å²) in [6, 6.07) is 9.58. The van der Waals surface area contributed by atoms with Crippen LogP contribution in [0.1, 0.15) is 0 Å². The fourth-order valence-corrected chi connectivity index (χ4v) is 1.43. The molecule has 0 atom stereocenters. The van der Waals surface area contributed by atoms with E-state index in [9.17, 15) is 4.79 Å². The molecule has 0 bridgehead atoms. The fraction of sp³-hybridized carbons (Fsp3) is 0. The highest BCUT2D eigenvalue weighted by atomic mass is 32.2. The molecule has 0 aliphatic rings. The summed E-state index contributed by atoms with van der Waals surface area (Å²) < 4.78 is 1.22. The van der Waals surface area contributed by atoms with Crippen LogP contribution in [0.15, 0.2) is 35.2 Å². The van der Waals surface area contributed by atoms with Crippen molar-refractivity contribution >= 4 is 31.2 Å². The normalized spacial score (nSPS) is 9.18. The molecule has 0 radical (unpaired) electrons. The van der Waals surface area contributed by atoms with Crippen molar-refractivity contribution in [3.63, 3.8) is 0 Å². The zero-order chi connectivity index (χ0) is 8.10. The average molecular weight is 185 g/mol. The van der Waals surface area contributed by atoms with Gasteiger partial charge in [0, 0.05) is 16.8 Å². The first-order valence-electron chi connectivity index (χ1n) is 2.99. The maximum absolute atomic E-state index is 10.1. The van der Waals surface area contributed by atoms with Gasteiger partial charge in [0.1, 0.15) is 0 Å². The summed E-state index contributed by atoms with van der Waals surface area (Å²) in [6.45, 7) is 0. The van der Waals surface area contributed by atoms with Gasteiger partial charge in [-0.2, -0.15) is 0 Å². The Bertz CT molecular complexity index is 227. The predicted octanol–water partition coefficient (Wildman–Crippen LogP) is 2.00. The molecule has 0 N–H and O–H groups in total. The minimum absolute atomic E-state index is 0.654. The molecular formula is C7H7NOS2. The van der Waals surface area contributed by atoms with Crippen molar-refractivity contribution in [2.24, 2.45) is 0 Å². The molecule has 11 heavy (non-hydrogen) atoms. The summed E-state index contributed by atoms with van der Waals surface area (Å²) in [4.78, 5) is 11.1. The van der Waals surface area contributed by atoms with Crippen molar-refractivity contribution in [1.82, 2.24) is 3.71 Å². The Morgan fingerprint density at radius 2 is 2.00 bits per heavy atom. The number of nitrogens with zero attached hydrogens (tertiary/aromatic N) is 1. The lowest BCUT2D eigenvalue weighted by Gasteiger charge is -2.05. The summed E-state index contributed by atoms with van der Waals surface area (Å²) in [5, 5.41) is 0. The quantitative estimate of drug-likeness (QED) is 0.441. The van der Waals surface area contributed by atoms with Gasteiger partial charge in [0.25, 0.3) is 0 Å². The Morgan fingerprint density at radius 1 is 1.36 bits per heavy atom. The van der Waals surface area contributed by atoms with Crippen molar-refractivity contribution in [3.05, 3.63) is 30.3 Å². The summed E-state index contributed by atoms with van der Waals surface area (Å²) in [5.41, 5.74) is 0. The number of thiol groups is 1. The Balaban J connectivity index is 2.57. The maximum Gasteiger partial charge on any atom is 0.229 e. The molecule has 0 aliphatic carbocycles. The maximum atomic E-state index is 10.1. The van der Waals surface area contributed by atoms with Gasteiger partial charge >= 0.3 is 0 Å². The third kappa shape index (κ3) is 2.86. The van der Waals surface area contributed by atoms with E-state index in [0.717, 1.165) is 4.90 Å². The van der Waals surface area contributed by atoms with E-state index in [2.05, 4.69) is 12.8 Å². The Hall–Kier alpha value is -0.610. The van der Waals surface area contributed by atoms with E-state index < -0.39 is 0 Å². The van der Waals surface area contributed by atoms with Crippen LogP contribution in [0, 0.1) is 0 Å². The number of carbonyl (C=O) groups excluding carboxylic acids is 1. The number of amides is 1. The van der Waals surface area contributed by atoms with Crippen molar-refractivity contribution < 1.29 is 4.79 Å². The van der Waals surface area contributed by atoms with E-state index in [0.29, 0.717) is 6.41 Å². The SMILES string of the molecule is O=CN(S)Sc1ccccc1. The standard InChI is InChI=1S/C7H7NOS2/c9-6-8(10)11-7-4-2-1-3-5-7/h1-6,10H. The highest BCUT2D eigenvalue weighted by molar-refractivity contribution is 8.06. The lowest BCUT2D eigenvalue weighted by molar-refractivity contribution is -0.110. The fourth-order valence-electron chi connectivity index (χ4n) is 0.611. The number of benzene rings is 1. The molecule has 0 heterocycles. The molecule has 58 valence electrons. The third-order valence-corrected chi connectivity index (χ3v) is 2.13. The molecule has 0 saturated carbocycles. The molecule has 0 fully saturated rings. The topological polar surface area (TPSA) is 20.3 Å². The lowest BCUT2D eigenvalue weighted by Crippen LogP contribution is -1.95.